The highest BCUT2D eigenvalue weighted by Crippen LogP contribution is 2.35. The number of β-amino-alcohol motifs (C(OH)–C–C–N with tert-alkyl or cyclic N) is 1. The Balaban J connectivity index is 2.38. The van der Waals surface area contributed by atoms with Gasteiger partial charge < -0.3 is 14.7 Å². The average Bonchev–Trinajstić information content (AvgIpc) is 2.38. The lowest BCUT2D eigenvalue weighted by Gasteiger charge is -2.32. The van der Waals surface area contributed by atoms with E-state index in [2.05, 4.69) is 0 Å². The number of nitrogens with zero attached hydrogens (tertiary/aromatic N) is 2. The molecule has 1 fully saturated rings. The number of nitro groups is 1. The first-order chi connectivity index (χ1) is 9.02. The van der Waals surface area contributed by atoms with E-state index in [1.54, 1.807) is 4.90 Å². The average molecular weight is 270 g/mol. The Labute approximate surface area is 109 Å². The molecule has 1 N–H and O–H groups in total. The topological polar surface area (TPSA) is 75.8 Å². The van der Waals surface area contributed by atoms with Crippen LogP contribution in [0.15, 0.2) is 12.1 Å². The number of anilines is 1. The van der Waals surface area contributed by atoms with Crippen molar-refractivity contribution in [1.82, 2.24) is 0 Å². The summed E-state index contributed by atoms with van der Waals surface area (Å²) in [5.41, 5.74) is -0.178. The fourth-order valence-electron chi connectivity index (χ4n) is 2.25. The van der Waals surface area contributed by atoms with Crippen LogP contribution < -0.4 is 9.64 Å². The summed E-state index contributed by atoms with van der Waals surface area (Å²) in [6, 6.07) is 2.17. The molecule has 0 aliphatic carbocycles. The highest BCUT2D eigenvalue weighted by molar-refractivity contribution is 5.60. The van der Waals surface area contributed by atoms with E-state index in [-0.39, 0.29) is 11.4 Å². The summed E-state index contributed by atoms with van der Waals surface area (Å²) in [5.74, 6) is -0.664. The number of ether oxygens (including phenoxy) is 1. The minimum atomic E-state index is -0.684. The van der Waals surface area contributed by atoms with Crippen molar-refractivity contribution in [1.29, 1.82) is 0 Å². The molecular formula is C12H15FN2O4. The Morgan fingerprint density at radius 3 is 2.89 bits per heavy atom. The minimum absolute atomic E-state index is 0.0152. The number of benzene rings is 1. The lowest BCUT2D eigenvalue weighted by atomic mass is 10.1. The SMILES string of the molecule is COc1cc(N2CCC[C@H](O)C2)c(F)cc1[N+](=O)[O-]. The Morgan fingerprint density at radius 1 is 1.58 bits per heavy atom. The molecule has 0 spiro atoms. The van der Waals surface area contributed by atoms with Gasteiger partial charge in [0, 0.05) is 19.2 Å². The van der Waals surface area contributed by atoms with E-state index < -0.39 is 22.5 Å². The molecule has 1 aromatic rings. The number of hydrogen-bond donors (Lipinski definition) is 1. The molecule has 0 bridgehead atoms. The predicted molar refractivity (Wildman–Crippen MR) is 67.1 cm³/mol. The third kappa shape index (κ3) is 2.76. The maximum atomic E-state index is 14.0. The first kappa shape index (κ1) is 13.5. The maximum absolute atomic E-state index is 14.0. The standard InChI is InChI=1S/C12H15FN2O4/c1-19-12-6-10(9(13)5-11(12)15(17)18)14-4-2-3-8(16)7-14/h5-6,8,16H,2-4,7H2,1H3/t8-/m0/s1. The molecule has 1 aliphatic rings. The molecule has 1 aliphatic heterocycles. The molecular weight excluding hydrogens is 255 g/mol. The zero-order chi connectivity index (χ0) is 14.0. The number of aliphatic hydroxyl groups is 1. The number of nitro benzene ring substituents is 1. The van der Waals surface area contributed by atoms with Crippen molar-refractivity contribution in [3.05, 3.63) is 28.1 Å². The summed E-state index contributed by atoms with van der Waals surface area (Å²) in [7, 11) is 1.30. The molecule has 0 aromatic heterocycles. The van der Waals surface area contributed by atoms with Crippen LogP contribution in [0.25, 0.3) is 0 Å². The predicted octanol–water partition coefficient (Wildman–Crippen LogP) is 1.70. The minimum Gasteiger partial charge on any atom is -0.490 e. The van der Waals surface area contributed by atoms with Crippen LogP contribution in [0.2, 0.25) is 0 Å². The van der Waals surface area contributed by atoms with Gasteiger partial charge in [-0.3, -0.25) is 10.1 Å². The number of piperidine rings is 1. The summed E-state index contributed by atoms with van der Waals surface area (Å²) in [4.78, 5) is 11.8. The second-order valence-corrected chi connectivity index (χ2v) is 4.47. The largest absolute Gasteiger partial charge is 0.490 e. The fraction of sp³-hybridized carbons (Fsp3) is 0.500. The molecule has 1 heterocycles. The molecule has 0 unspecified atom stereocenters. The van der Waals surface area contributed by atoms with Gasteiger partial charge in [0.15, 0.2) is 11.6 Å². The van der Waals surface area contributed by atoms with E-state index in [0.717, 1.165) is 12.5 Å². The van der Waals surface area contributed by atoms with Gasteiger partial charge >= 0.3 is 5.69 Å². The highest BCUT2D eigenvalue weighted by Gasteiger charge is 2.25. The number of hydrogen-bond acceptors (Lipinski definition) is 5. The summed E-state index contributed by atoms with van der Waals surface area (Å²) in [6.07, 6.45) is 0.927. The maximum Gasteiger partial charge on any atom is 0.313 e. The first-order valence-electron chi connectivity index (χ1n) is 5.98. The summed E-state index contributed by atoms with van der Waals surface area (Å²) in [5, 5.41) is 20.4. The summed E-state index contributed by atoms with van der Waals surface area (Å²) in [6.45, 7) is 0.923. The van der Waals surface area contributed by atoms with Crippen molar-refractivity contribution in [2.45, 2.75) is 18.9 Å². The van der Waals surface area contributed by atoms with E-state index in [1.165, 1.54) is 13.2 Å². The second kappa shape index (κ2) is 5.40. The van der Waals surface area contributed by atoms with E-state index in [9.17, 15) is 19.6 Å². The highest BCUT2D eigenvalue weighted by atomic mass is 19.1. The van der Waals surface area contributed by atoms with Crippen LogP contribution in [0.1, 0.15) is 12.8 Å². The fourth-order valence-corrected chi connectivity index (χ4v) is 2.25. The molecule has 19 heavy (non-hydrogen) atoms. The van der Waals surface area contributed by atoms with Crippen LogP contribution >= 0.6 is 0 Å². The van der Waals surface area contributed by atoms with Gasteiger partial charge in [-0.2, -0.15) is 0 Å². The van der Waals surface area contributed by atoms with Crippen molar-refractivity contribution in [2.24, 2.45) is 0 Å². The Bertz CT molecular complexity index is 495. The number of halogens is 1. The second-order valence-electron chi connectivity index (χ2n) is 4.47. The van der Waals surface area contributed by atoms with Gasteiger partial charge in [-0.15, -0.1) is 0 Å². The third-order valence-electron chi connectivity index (χ3n) is 3.18. The van der Waals surface area contributed by atoms with Crippen LogP contribution in [0.3, 0.4) is 0 Å². The van der Waals surface area contributed by atoms with E-state index >= 15 is 0 Å². The van der Waals surface area contributed by atoms with Crippen LogP contribution in [0, 0.1) is 15.9 Å². The van der Waals surface area contributed by atoms with E-state index in [1.807, 2.05) is 0 Å². The van der Waals surface area contributed by atoms with Gasteiger partial charge in [0.05, 0.1) is 29.9 Å². The van der Waals surface area contributed by atoms with Crippen molar-refractivity contribution < 1.29 is 19.2 Å². The van der Waals surface area contributed by atoms with E-state index in [0.29, 0.717) is 19.5 Å². The van der Waals surface area contributed by atoms with Gasteiger partial charge in [-0.05, 0) is 12.8 Å². The molecule has 0 amide bonds. The van der Waals surface area contributed by atoms with Crippen molar-refractivity contribution in [3.8, 4) is 5.75 Å². The normalized spacial score (nSPS) is 19.3. The molecule has 0 saturated carbocycles. The van der Waals surface area contributed by atoms with Crippen LogP contribution in [0.5, 0.6) is 5.75 Å². The molecule has 7 heteroatoms. The van der Waals surface area contributed by atoms with Crippen molar-refractivity contribution >= 4 is 11.4 Å². The molecule has 2 rings (SSSR count). The lowest BCUT2D eigenvalue weighted by Crippen LogP contribution is -2.38. The molecule has 1 atom stereocenters. The molecule has 1 aromatic carbocycles. The van der Waals surface area contributed by atoms with Gasteiger partial charge in [-0.1, -0.05) is 0 Å². The number of rotatable bonds is 3. The van der Waals surface area contributed by atoms with Gasteiger partial charge in [0.2, 0.25) is 0 Å². The van der Waals surface area contributed by atoms with Gasteiger partial charge in [-0.25, -0.2) is 4.39 Å². The van der Waals surface area contributed by atoms with Crippen LogP contribution in [-0.2, 0) is 0 Å². The Hall–Kier alpha value is -1.89. The molecule has 6 nitrogen and oxygen atoms in total. The zero-order valence-electron chi connectivity index (χ0n) is 10.5. The molecule has 1 saturated heterocycles. The third-order valence-corrected chi connectivity index (χ3v) is 3.18. The zero-order valence-corrected chi connectivity index (χ0v) is 10.5. The summed E-state index contributed by atoms with van der Waals surface area (Å²) >= 11 is 0. The lowest BCUT2D eigenvalue weighted by molar-refractivity contribution is -0.385. The Morgan fingerprint density at radius 2 is 2.32 bits per heavy atom. The number of aliphatic hydroxyl groups excluding tert-OH is 1. The molecule has 0 radical (unpaired) electrons. The van der Waals surface area contributed by atoms with Gasteiger partial charge in [0.25, 0.3) is 0 Å². The monoisotopic (exact) mass is 270 g/mol. The van der Waals surface area contributed by atoms with E-state index in [4.69, 9.17) is 4.74 Å². The smallest absolute Gasteiger partial charge is 0.313 e. The quantitative estimate of drug-likeness (QED) is 0.668. The first-order valence-corrected chi connectivity index (χ1v) is 5.98. The van der Waals surface area contributed by atoms with Crippen molar-refractivity contribution in [2.75, 3.05) is 25.1 Å². The van der Waals surface area contributed by atoms with Crippen LogP contribution in [0.4, 0.5) is 15.8 Å². The van der Waals surface area contributed by atoms with Crippen molar-refractivity contribution in [3.63, 3.8) is 0 Å². The number of methoxy groups -OCH3 is 1. The Kier molecular flexibility index (Phi) is 3.84. The van der Waals surface area contributed by atoms with Crippen LogP contribution in [-0.4, -0.2) is 36.3 Å². The van der Waals surface area contributed by atoms with Gasteiger partial charge in [0.1, 0.15) is 0 Å². The molecule has 104 valence electrons. The summed E-state index contributed by atoms with van der Waals surface area (Å²) < 4.78 is 18.9.